The van der Waals surface area contributed by atoms with Crippen LogP contribution in [0.2, 0.25) is 0 Å². The van der Waals surface area contributed by atoms with Gasteiger partial charge in [-0.2, -0.15) is 0 Å². The molecule has 8 heteroatoms. The van der Waals surface area contributed by atoms with Crippen LogP contribution >= 0.6 is 0 Å². The molecular weight excluding hydrogens is 426 g/mol. The number of carbonyl (C=O) groups excluding carboxylic acids is 1. The van der Waals surface area contributed by atoms with E-state index in [4.69, 9.17) is 18.9 Å². The smallest absolute Gasteiger partial charge is 0.229 e. The third-order valence-electron chi connectivity index (χ3n) is 5.80. The number of nitrogens with one attached hydrogen (secondary N) is 1. The lowest BCUT2D eigenvalue weighted by Crippen LogP contribution is -2.63. The van der Waals surface area contributed by atoms with Crippen molar-refractivity contribution in [2.75, 3.05) is 20.8 Å². The van der Waals surface area contributed by atoms with E-state index in [1.807, 2.05) is 36.4 Å². The van der Waals surface area contributed by atoms with Gasteiger partial charge in [0.2, 0.25) is 12.2 Å². The molecule has 1 heterocycles. The highest BCUT2D eigenvalue weighted by Crippen LogP contribution is 2.37. The Hall–Kier alpha value is -2.65. The van der Waals surface area contributed by atoms with E-state index in [-0.39, 0.29) is 5.91 Å². The van der Waals surface area contributed by atoms with E-state index in [1.54, 1.807) is 27.0 Å². The van der Waals surface area contributed by atoms with Gasteiger partial charge in [0, 0.05) is 26.1 Å². The Morgan fingerprint density at radius 2 is 1.82 bits per heavy atom. The van der Waals surface area contributed by atoms with E-state index in [2.05, 4.69) is 5.32 Å². The molecule has 0 unspecified atom stereocenters. The number of hydrogen-bond donors (Lipinski definition) is 3. The van der Waals surface area contributed by atoms with Crippen LogP contribution in [-0.4, -0.2) is 67.1 Å². The van der Waals surface area contributed by atoms with Crippen LogP contribution in [0.25, 0.3) is 11.1 Å². The van der Waals surface area contributed by atoms with Crippen LogP contribution in [0.1, 0.15) is 26.3 Å². The summed E-state index contributed by atoms with van der Waals surface area (Å²) >= 11 is 0. The molecule has 0 spiro atoms. The number of aliphatic hydroxyl groups excluding tert-OH is 2. The maximum atomic E-state index is 11.3. The fourth-order valence-electron chi connectivity index (χ4n) is 4.18. The van der Waals surface area contributed by atoms with Crippen LogP contribution in [0.5, 0.6) is 11.5 Å². The minimum atomic E-state index is -1.29. The second kappa shape index (κ2) is 10.5. The lowest BCUT2D eigenvalue weighted by atomic mass is 9.89. The standard InChI is InChI=1S/C25H33NO7/c1-15(27)26-13-12-16-10-11-17(14-19(16)18-8-6-7-9-20(18)30-4)32-24-22(29)21(28)23(31-5)25(2,3)33-24/h6-11,14,21-24,28-29H,12-13H2,1-5H3,(H,26,27)/t21-,22+,23+,24+/m0/s1. The maximum absolute atomic E-state index is 11.3. The predicted molar refractivity (Wildman–Crippen MR) is 123 cm³/mol. The number of aliphatic hydroxyl groups is 2. The Morgan fingerprint density at radius 3 is 2.48 bits per heavy atom. The molecule has 33 heavy (non-hydrogen) atoms. The molecule has 180 valence electrons. The van der Waals surface area contributed by atoms with Gasteiger partial charge in [-0.15, -0.1) is 0 Å². The Morgan fingerprint density at radius 1 is 1.09 bits per heavy atom. The maximum Gasteiger partial charge on any atom is 0.229 e. The first-order valence-electron chi connectivity index (χ1n) is 10.9. The molecule has 1 aliphatic heterocycles. The summed E-state index contributed by atoms with van der Waals surface area (Å²) in [5.74, 6) is 1.07. The summed E-state index contributed by atoms with van der Waals surface area (Å²) in [7, 11) is 3.07. The molecule has 1 amide bonds. The first-order valence-corrected chi connectivity index (χ1v) is 10.9. The summed E-state index contributed by atoms with van der Waals surface area (Å²) < 4.78 is 22.8. The van der Waals surface area contributed by atoms with Gasteiger partial charge in [0.05, 0.1) is 12.7 Å². The number of amides is 1. The highest BCUT2D eigenvalue weighted by Gasteiger charge is 2.50. The molecule has 1 saturated heterocycles. The van der Waals surface area contributed by atoms with Gasteiger partial charge in [-0.3, -0.25) is 4.79 Å². The number of hydrogen-bond acceptors (Lipinski definition) is 7. The van der Waals surface area contributed by atoms with Gasteiger partial charge in [0.15, 0.2) is 0 Å². The molecule has 3 rings (SSSR count). The van der Waals surface area contributed by atoms with Crippen molar-refractivity contribution < 1.29 is 34.0 Å². The van der Waals surface area contributed by atoms with Gasteiger partial charge in [-0.25, -0.2) is 0 Å². The molecule has 0 bridgehead atoms. The van der Waals surface area contributed by atoms with Gasteiger partial charge in [0.25, 0.3) is 0 Å². The highest BCUT2D eigenvalue weighted by molar-refractivity contribution is 5.75. The molecule has 4 atom stereocenters. The monoisotopic (exact) mass is 459 g/mol. The fourth-order valence-corrected chi connectivity index (χ4v) is 4.18. The first kappa shape index (κ1) is 25.0. The molecule has 0 aliphatic carbocycles. The second-order valence-corrected chi connectivity index (χ2v) is 8.60. The average Bonchev–Trinajstić information content (AvgIpc) is 2.78. The summed E-state index contributed by atoms with van der Waals surface area (Å²) in [5.41, 5.74) is 1.86. The minimum Gasteiger partial charge on any atom is -0.496 e. The minimum absolute atomic E-state index is 0.0900. The van der Waals surface area contributed by atoms with Crippen molar-refractivity contribution in [2.45, 2.75) is 57.4 Å². The van der Waals surface area contributed by atoms with Crippen LogP contribution in [0, 0.1) is 0 Å². The van der Waals surface area contributed by atoms with Crippen LogP contribution in [0.15, 0.2) is 42.5 Å². The lowest BCUT2D eigenvalue weighted by molar-refractivity contribution is -0.305. The zero-order valence-electron chi connectivity index (χ0n) is 19.7. The number of ether oxygens (including phenoxy) is 4. The van der Waals surface area contributed by atoms with Crippen molar-refractivity contribution in [3.05, 3.63) is 48.0 Å². The number of benzene rings is 2. The number of carbonyl (C=O) groups is 1. The van der Waals surface area contributed by atoms with E-state index >= 15 is 0 Å². The molecule has 2 aromatic carbocycles. The topological polar surface area (TPSA) is 106 Å². The summed E-state index contributed by atoms with van der Waals surface area (Å²) in [6, 6.07) is 13.2. The van der Waals surface area contributed by atoms with Crippen molar-refractivity contribution in [1.82, 2.24) is 5.32 Å². The van der Waals surface area contributed by atoms with Crippen molar-refractivity contribution in [2.24, 2.45) is 0 Å². The van der Waals surface area contributed by atoms with Gasteiger partial charge in [-0.1, -0.05) is 24.3 Å². The van der Waals surface area contributed by atoms with Gasteiger partial charge in [0.1, 0.15) is 29.8 Å². The third kappa shape index (κ3) is 5.65. The number of rotatable bonds is 8. The Labute approximate surface area is 194 Å². The van der Waals surface area contributed by atoms with Gasteiger partial charge in [-0.05, 0) is 49.6 Å². The van der Waals surface area contributed by atoms with Crippen molar-refractivity contribution in [3.8, 4) is 22.6 Å². The largest absolute Gasteiger partial charge is 0.496 e. The van der Waals surface area contributed by atoms with Crippen LogP contribution < -0.4 is 14.8 Å². The molecular formula is C25H33NO7. The molecule has 8 nitrogen and oxygen atoms in total. The Balaban J connectivity index is 1.93. The third-order valence-corrected chi connectivity index (χ3v) is 5.80. The van der Waals surface area contributed by atoms with E-state index in [1.165, 1.54) is 14.0 Å². The van der Waals surface area contributed by atoms with E-state index < -0.39 is 30.2 Å². The van der Waals surface area contributed by atoms with Crippen LogP contribution in [0.4, 0.5) is 0 Å². The zero-order valence-corrected chi connectivity index (χ0v) is 19.7. The lowest BCUT2D eigenvalue weighted by Gasteiger charge is -2.46. The number of methoxy groups -OCH3 is 2. The first-order chi connectivity index (χ1) is 15.7. The molecule has 1 fully saturated rings. The molecule has 3 N–H and O–H groups in total. The normalized spacial score (nSPS) is 24.2. The zero-order chi connectivity index (χ0) is 24.2. The number of para-hydroxylation sites is 1. The summed E-state index contributed by atoms with van der Waals surface area (Å²) in [4.78, 5) is 11.3. The molecule has 1 aliphatic rings. The van der Waals surface area contributed by atoms with Crippen LogP contribution in [0.3, 0.4) is 0 Å². The quantitative estimate of drug-likeness (QED) is 0.556. The summed E-state index contributed by atoms with van der Waals surface area (Å²) in [5, 5.41) is 23.9. The summed E-state index contributed by atoms with van der Waals surface area (Å²) in [6.07, 6.45) is -3.65. The summed E-state index contributed by atoms with van der Waals surface area (Å²) in [6.45, 7) is 5.52. The van der Waals surface area contributed by atoms with Crippen molar-refractivity contribution >= 4 is 5.91 Å². The Kier molecular flexibility index (Phi) is 7.97. The Bertz CT molecular complexity index is 962. The van der Waals surface area contributed by atoms with Gasteiger partial charge < -0.3 is 34.5 Å². The van der Waals surface area contributed by atoms with Gasteiger partial charge >= 0.3 is 0 Å². The molecule has 0 saturated carbocycles. The van der Waals surface area contributed by atoms with Crippen LogP contribution in [-0.2, 0) is 20.7 Å². The average molecular weight is 460 g/mol. The SMILES string of the molecule is COc1ccccc1-c1cc(O[C@@H]2OC(C)(C)[C@H](OC)[C@@H](O)[C@H]2O)ccc1CCNC(C)=O. The predicted octanol–water partition coefficient (Wildman–Crippen LogP) is 2.29. The van der Waals surface area contributed by atoms with E-state index in [9.17, 15) is 15.0 Å². The van der Waals surface area contributed by atoms with E-state index in [0.717, 1.165) is 16.7 Å². The molecule has 2 aromatic rings. The molecule has 0 aromatic heterocycles. The van der Waals surface area contributed by atoms with Crippen molar-refractivity contribution in [1.29, 1.82) is 0 Å². The molecule has 0 radical (unpaired) electrons. The van der Waals surface area contributed by atoms with Crippen molar-refractivity contribution in [3.63, 3.8) is 0 Å². The fraction of sp³-hybridized carbons (Fsp3) is 0.480. The highest BCUT2D eigenvalue weighted by atomic mass is 16.7. The second-order valence-electron chi connectivity index (χ2n) is 8.60. The van der Waals surface area contributed by atoms with E-state index in [0.29, 0.717) is 24.5 Å².